The minimum Gasteiger partial charge on any atom is -0.396 e. The molecule has 1 atom stereocenters. The second kappa shape index (κ2) is 4.22. The van der Waals surface area contributed by atoms with Crippen LogP contribution in [0.15, 0.2) is 12.7 Å². The van der Waals surface area contributed by atoms with Crippen molar-refractivity contribution in [3.8, 4) is 0 Å². The molecule has 0 aromatic carbocycles. The molecule has 8 nitrogen and oxygen atoms in total. The minimum absolute atomic E-state index is 0.164. The van der Waals surface area contributed by atoms with Crippen LogP contribution in [0.1, 0.15) is 13.3 Å². The molecule has 2 rings (SSSR count). The Morgan fingerprint density at radius 3 is 2.83 bits per heavy atom. The van der Waals surface area contributed by atoms with Crippen molar-refractivity contribution in [2.45, 2.75) is 18.9 Å². The molecule has 0 spiro atoms. The van der Waals surface area contributed by atoms with Crippen LogP contribution in [0.4, 0.5) is 5.82 Å². The summed E-state index contributed by atoms with van der Waals surface area (Å²) >= 11 is 0. The predicted molar refractivity (Wildman–Crippen MR) is 64.3 cm³/mol. The molecule has 0 aliphatic rings. The summed E-state index contributed by atoms with van der Waals surface area (Å²) in [6.07, 6.45) is 2.88. The maximum atomic E-state index is 11.6. The number of hydrogen-bond acceptors (Lipinski definition) is 6. The smallest absolute Gasteiger partial charge is 0.243 e. The SMILES string of the molecule is CC(CCO)(C(N)=O)n1cnc2c(N)ncnc21. The van der Waals surface area contributed by atoms with Gasteiger partial charge in [-0.15, -0.1) is 0 Å². The highest BCUT2D eigenvalue weighted by Gasteiger charge is 2.34. The largest absolute Gasteiger partial charge is 0.396 e. The molecule has 1 unspecified atom stereocenters. The highest BCUT2D eigenvalue weighted by Crippen LogP contribution is 2.25. The van der Waals surface area contributed by atoms with Crippen LogP contribution in [0.25, 0.3) is 11.2 Å². The van der Waals surface area contributed by atoms with E-state index in [0.717, 1.165) is 0 Å². The Kier molecular flexibility index (Phi) is 2.87. The molecule has 96 valence electrons. The molecule has 0 radical (unpaired) electrons. The molecule has 2 aromatic heterocycles. The number of anilines is 1. The quantitative estimate of drug-likeness (QED) is 0.636. The van der Waals surface area contributed by atoms with Crippen molar-refractivity contribution in [3.63, 3.8) is 0 Å². The van der Waals surface area contributed by atoms with Gasteiger partial charge in [-0.1, -0.05) is 0 Å². The van der Waals surface area contributed by atoms with Crippen LogP contribution in [0.2, 0.25) is 0 Å². The Morgan fingerprint density at radius 1 is 1.50 bits per heavy atom. The number of aliphatic hydroxyl groups is 1. The van der Waals surface area contributed by atoms with Gasteiger partial charge in [-0.05, 0) is 6.92 Å². The molecular weight excluding hydrogens is 236 g/mol. The normalized spacial score (nSPS) is 14.6. The molecule has 18 heavy (non-hydrogen) atoms. The summed E-state index contributed by atoms with van der Waals surface area (Å²) in [7, 11) is 0. The summed E-state index contributed by atoms with van der Waals surface area (Å²) in [5.74, 6) is -0.345. The van der Waals surface area contributed by atoms with E-state index < -0.39 is 11.4 Å². The van der Waals surface area contributed by atoms with E-state index in [0.29, 0.717) is 11.2 Å². The zero-order chi connectivity index (χ0) is 13.3. The van der Waals surface area contributed by atoms with Crippen molar-refractivity contribution in [1.29, 1.82) is 0 Å². The van der Waals surface area contributed by atoms with Crippen LogP contribution in [0, 0.1) is 0 Å². The molecule has 5 N–H and O–H groups in total. The van der Waals surface area contributed by atoms with E-state index in [-0.39, 0.29) is 18.8 Å². The van der Waals surface area contributed by atoms with Crippen LogP contribution < -0.4 is 11.5 Å². The third-order valence-electron chi connectivity index (χ3n) is 3.02. The van der Waals surface area contributed by atoms with Crippen LogP contribution in [-0.2, 0) is 10.3 Å². The first-order valence-electron chi connectivity index (χ1n) is 5.35. The van der Waals surface area contributed by atoms with E-state index >= 15 is 0 Å². The van der Waals surface area contributed by atoms with Crippen molar-refractivity contribution >= 4 is 22.9 Å². The highest BCUT2D eigenvalue weighted by molar-refractivity contribution is 5.87. The number of aliphatic hydroxyl groups excluding tert-OH is 1. The number of hydrogen-bond donors (Lipinski definition) is 3. The van der Waals surface area contributed by atoms with Gasteiger partial charge in [0.1, 0.15) is 17.4 Å². The summed E-state index contributed by atoms with van der Waals surface area (Å²) in [4.78, 5) is 23.6. The Balaban J connectivity index is 2.66. The first-order chi connectivity index (χ1) is 8.50. The number of aromatic nitrogens is 4. The van der Waals surface area contributed by atoms with Crippen molar-refractivity contribution < 1.29 is 9.90 Å². The predicted octanol–water partition coefficient (Wildman–Crippen LogP) is -1.01. The van der Waals surface area contributed by atoms with Gasteiger partial charge in [-0.25, -0.2) is 15.0 Å². The van der Waals surface area contributed by atoms with E-state index in [1.54, 1.807) is 6.92 Å². The Bertz CT molecular complexity index is 595. The number of carbonyl (C=O) groups excluding carboxylic acids is 1. The number of nitrogens with zero attached hydrogens (tertiary/aromatic N) is 4. The van der Waals surface area contributed by atoms with Gasteiger partial charge in [0.05, 0.1) is 6.33 Å². The molecule has 2 aromatic rings. The van der Waals surface area contributed by atoms with Crippen LogP contribution >= 0.6 is 0 Å². The zero-order valence-electron chi connectivity index (χ0n) is 9.87. The summed E-state index contributed by atoms with van der Waals surface area (Å²) < 4.78 is 1.51. The van der Waals surface area contributed by atoms with Crippen LogP contribution in [0.3, 0.4) is 0 Å². The number of carbonyl (C=O) groups is 1. The summed E-state index contributed by atoms with van der Waals surface area (Å²) in [6, 6.07) is 0. The number of rotatable bonds is 4. The third kappa shape index (κ3) is 1.66. The Morgan fingerprint density at radius 2 is 2.22 bits per heavy atom. The van der Waals surface area contributed by atoms with Crippen LogP contribution in [-0.4, -0.2) is 37.1 Å². The Labute approximate surface area is 103 Å². The number of nitrogens with two attached hydrogens (primary N) is 2. The molecular formula is C10H14N6O2. The van der Waals surface area contributed by atoms with Gasteiger partial charge in [0, 0.05) is 13.0 Å². The minimum atomic E-state index is -1.11. The molecule has 0 bridgehead atoms. The van der Waals surface area contributed by atoms with Crippen molar-refractivity contribution in [3.05, 3.63) is 12.7 Å². The summed E-state index contributed by atoms with van der Waals surface area (Å²) in [5, 5.41) is 9.08. The summed E-state index contributed by atoms with van der Waals surface area (Å²) in [6.45, 7) is 1.44. The van der Waals surface area contributed by atoms with Gasteiger partial charge >= 0.3 is 0 Å². The molecule has 0 saturated heterocycles. The van der Waals surface area contributed by atoms with E-state index in [4.69, 9.17) is 16.6 Å². The van der Waals surface area contributed by atoms with Crippen molar-refractivity contribution in [1.82, 2.24) is 19.5 Å². The maximum Gasteiger partial charge on any atom is 0.243 e. The Hall–Kier alpha value is -2.22. The number of amides is 1. The van der Waals surface area contributed by atoms with Crippen molar-refractivity contribution in [2.24, 2.45) is 5.73 Å². The average molecular weight is 250 g/mol. The molecule has 0 aliphatic carbocycles. The lowest BCUT2D eigenvalue weighted by atomic mass is 9.97. The lowest BCUT2D eigenvalue weighted by Crippen LogP contribution is -2.44. The van der Waals surface area contributed by atoms with Gasteiger partial charge in [0.2, 0.25) is 5.91 Å². The zero-order valence-corrected chi connectivity index (χ0v) is 9.87. The summed E-state index contributed by atoms with van der Waals surface area (Å²) in [5.41, 5.74) is 10.8. The van der Waals surface area contributed by atoms with Crippen molar-refractivity contribution in [2.75, 3.05) is 12.3 Å². The number of nitrogen functional groups attached to an aromatic ring is 1. The molecule has 2 heterocycles. The number of primary amides is 1. The molecule has 8 heteroatoms. The molecule has 0 saturated carbocycles. The molecule has 0 aliphatic heterocycles. The van der Waals surface area contributed by atoms with E-state index in [9.17, 15) is 4.79 Å². The van der Waals surface area contributed by atoms with E-state index in [2.05, 4.69) is 15.0 Å². The van der Waals surface area contributed by atoms with Gasteiger partial charge in [-0.3, -0.25) is 9.36 Å². The van der Waals surface area contributed by atoms with Crippen LogP contribution in [0.5, 0.6) is 0 Å². The van der Waals surface area contributed by atoms with Gasteiger partial charge in [0.15, 0.2) is 11.5 Å². The second-order valence-electron chi connectivity index (χ2n) is 4.16. The number of imidazole rings is 1. The average Bonchev–Trinajstić information content (AvgIpc) is 2.74. The topological polar surface area (TPSA) is 133 Å². The van der Waals surface area contributed by atoms with Gasteiger partial charge in [-0.2, -0.15) is 0 Å². The standard InChI is InChI=1S/C10H14N6O2/c1-10(2-3-17,9(12)18)16-5-15-6-7(11)13-4-14-8(6)16/h4-5,17H,2-3H2,1H3,(H2,12,18)(H2,11,13,14). The lowest BCUT2D eigenvalue weighted by molar-refractivity contribution is -0.126. The molecule has 0 fully saturated rings. The van der Waals surface area contributed by atoms with Gasteiger partial charge < -0.3 is 16.6 Å². The maximum absolute atomic E-state index is 11.6. The fraction of sp³-hybridized carbons (Fsp3) is 0.400. The highest BCUT2D eigenvalue weighted by atomic mass is 16.3. The third-order valence-corrected chi connectivity index (χ3v) is 3.02. The molecule has 1 amide bonds. The van der Waals surface area contributed by atoms with Gasteiger partial charge in [0.25, 0.3) is 0 Å². The first kappa shape index (κ1) is 12.2. The van der Waals surface area contributed by atoms with E-state index in [1.165, 1.54) is 17.2 Å². The number of fused-ring (bicyclic) bond motifs is 1. The first-order valence-corrected chi connectivity index (χ1v) is 5.35. The fourth-order valence-electron chi connectivity index (χ4n) is 1.79. The fourth-order valence-corrected chi connectivity index (χ4v) is 1.79. The lowest BCUT2D eigenvalue weighted by Gasteiger charge is -2.27. The van der Waals surface area contributed by atoms with E-state index in [1.807, 2.05) is 0 Å². The second-order valence-corrected chi connectivity index (χ2v) is 4.16. The monoisotopic (exact) mass is 250 g/mol.